The van der Waals surface area contributed by atoms with Crippen LogP contribution in [0.3, 0.4) is 0 Å². The fourth-order valence-electron chi connectivity index (χ4n) is 0.893. The molecule has 0 aromatic carbocycles. The highest BCUT2D eigenvalue weighted by Crippen LogP contribution is 2.14. The zero-order chi connectivity index (χ0) is 13.1. The molecule has 1 heterocycles. The molecule has 0 aliphatic heterocycles. The summed E-state index contributed by atoms with van der Waals surface area (Å²) in [4.78, 5) is 11.3. The maximum absolute atomic E-state index is 11.7. The summed E-state index contributed by atoms with van der Waals surface area (Å²) in [5, 5.41) is -0.350. The summed E-state index contributed by atoms with van der Waals surface area (Å²) >= 11 is 0. The zero-order valence-corrected chi connectivity index (χ0v) is 9.52. The summed E-state index contributed by atoms with van der Waals surface area (Å²) < 4.78 is 57.9. The van der Waals surface area contributed by atoms with Crippen molar-refractivity contribution in [2.24, 2.45) is 0 Å². The molecule has 0 spiro atoms. The molecule has 0 saturated heterocycles. The van der Waals surface area contributed by atoms with Gasteiger partial charge in [-0.05, 0) is 0 Å². The van der Waals surface area contributed by atoms with Crippen LogP contribution in [0.1, 0.15) is 12.7 Å². The van der Waals surface area contributed by atoms with E-state index in [2.05, 4.69) is 14.8 Å². The predicted molar refractivity (Wildman–Crippen MR) is 50.3 cm³/mol. The molecule has 0 unspecified atom stereocenters. The Morgan fingerprint density at radius 1 is 1.53 bits per heavy atom. The Labute approximate surface area is 95.2 Å². The zero-order valence-electron chi connectivity index (χ0n) is 8.71. The van der Waals surface area contributed by atoms with E-state index < -0.39 is 22.8 Å². The van der Waals surface area contributed by atoms with Crippen LogP contribution >= 0.6 is 0 Å². The number of nitrogens with zero attached hydrogens (tertiary/aromatic N) is 1. The van der Waals surface area contributed by atoms with Crippen LogP contribution in [0.2, 0.25) is 0 Å². The Kier molecular flexibility index (Phi) is 4.11. The number of alkyl halides is 3. The number of H-pyrrole nitrogens is 1. The van der Waals surface area contributed by atoms with Gasteiger partial charge in [0.25, 0.3) is 10.0 Å². The van der Waals surface area contributed by atoms with Crippen molar-refractivity contribution in [2.45, 2.75) is 24.5 Å². The van der Waals surface area contributed by atoms with Gasteiger partial charge in [-0.1, -0.05) is 11.8 Å². The molecular weight excluding hydrogens is 263 g/mol. The summed E-state index contributed by atoms with van der Waals surface area (Å²) in [6.45, 7) is 0.0316. The first-order valence-electron chi connectivity index (χ1n) is 4.49. The van der Waals surface area contributed by atoms with Crippen LogP contribution in [0.25, 0.3) is 0 Å². The number of sulfonamides is 1. The van der Waals surface area contributed by atoms with Gasteiger partial charge in [0.1, 0.15) is 5.82 Å². The van der Waals surface area contributed by atoms with E-state index in [1.807, 2.05) is 0 Å². The molecular formula is C7H10F3N3O3S. The van der Waals surface area contributed by atoms with E-state index >= 15 is 0 Å². The van der Waals surface area contributed by atoms with Crippen molar-refractivity contribution in [2.75, 3.05) is 6.61 Å². The van der Waals surface area contributed by atoms with Crippen molar-refractivity contribution in [3.8, 4) is 0 Å². The highest BCUT2D eigenvalue weighted by Gasteiger charge is 2.29. The van der Waals surface area contributed by atoms with E-state index in [0.717, 1.165) is 6.20 Å². The van der Waals surface area contributed by atoms with Gasteiger partial charge in [-0.25, -0.2) is 13.4 Å². The monoisotopic (exact) mass is 273 g/mol. The maximum atomic E-state index is 11.7. The number of nitrogens with one attached hydrogen (secondary N) is 2. The molecule has 0 atom stereocenters. The summed E-state index contributed by atoms with van der Waals surface area (Å²) in [6, 6.07) is 0. The summed E-state index contributed by atoms with van der Waals surface area (Å²) in [7, 11) is -4.16. The Bertz CT molecular complexity index is 468. The normalized spacial score (nSPS) is 12.9. The van der Waals surface area contributed by atoms with Gasteiger partial charge < -0.3 is 4.98 Å². The molecule has 0 aliphatic carbocycles. The average molecular weight is 273 g/mol. The number of rotatable bonds is 5. The quantitative estimate of drug-likeness (QED) is 0.775. The predicted octanol–water partition coefficient (Wildman–Crippen LogP) is 0.744. The molecule has 0 bridgehead atoms. The van der Waals surface area contributed by atoms with Crippen LogP contribution in [-0.4, -0.2) is 31.2 Å². The highest BCUT2D eigenvalue weighted by atomic mass is 32.2. The third-order valence-corrected chi connectivity index (χ3v) is 2.76. The lowest BCUT2D eigenvalue weighted by molar-refractivity contribution is -0.181. The fourth-order valence-corrected chi connectivity index (χ4v) is 1.64. The van der Waals surface area contributed by atoms with Crippen molar-refractivity contribution in [1.29, 1.82) is 0 Å². The largest absolute Gasteiger partial charge is 0.413 e. The van der Waals surface area contributed by atoms with Crippen LogP contribution in [0, 0.1) is 0 Å². The molecule has 17 heavy (non-hydrogen) atoms. The van der Waals surface area contributed by atoms with Gasteiger partial charge in [0.05, 0.1) is 6.20 Å². The van der Waals surface area contributed by atoms with Crippen molar-refractivity contribution in [3.63, 3.8) is 0 Å². The molecule has 0 aliphatic rings. The molecule has 1 aromatic rings. The Morgan fingerprint density at radius 2 is 2.18 bits per heavy atom. The lowest BCUT2D eigenvalue weighted by atomic mass is 10.5. The minimum atomic E-state index is -4.61. The summed E-state index contributed by atoms with van der Waals surface area (Å²) in [5.41, 5.74) is 0. The second-order valence-electron chi connectivity index (χ2n) is 3.04. The first kappa shape index (κ1) is 13.9. The van der Waals surface area contributed by atoms with E-state index in [1.54, 1.807) is 6.92 Å². The molecule has 6 nitrogen and oxygen atoms in total. The number of aromatic amines is 1. The van der Waals surface area contributed by atoms with Crippen LogP contribution in [0.5, 0.6) is 0 Å². The van der Waals surface area contributed by atoms with E-state index in [-0.39, 0.29) is 5.03 Å². The lowest BCUT2D eigenvalue weighted by Crippen LogP contribution is -2.29. The SMILES string of the molecule is CCc1ncc(S(=O)(=O)NOCC(F)(F)F)[nH]1. The minimum Gasteiger partial charge on any atom is -0.332 e. The van der Waals surface area contributed by atoms with Crippen LogP contribution < -0.4 is 4.89 Å². The Balaban J connectivity index is 2.63. The van der Waals surface area contributed by atoms with Crippen LogP contribution in [0.15, 0.2) is 11.2 Å². The van der Waals surface area contributed by atoms with Gasteiger partial charge in [-0.15, -0.1) is 0 Å². The maximum Gasteiger partial charge on any atom is 0.413 e. The fraction of sp³-hybridized carbons (Fsp3) is 0.571. The highest BCUT2D eigenvalue weighted by molar-refractivity contribution is 7.89. The number of imidazole rings is 1. The number of halogens is 3. The second kappa shape index (κ2) is 5.02. The molecule has 0 fully saturated rings. The third-order valence-electron chi connectivity index (χ3n) is 1.63. The van der Waals surface area contributed by atoms with Gasteiger partial charge in [0.2, 0.25) is 0 Å². The summed E-state index contributed by atoms with van der Waals surface area (Å²) in [6.07, 6.45) is -3.14. The van der Waals surface area contributed by atoms with Gasteiger partial charge in [0, 0.05) is 6.42 Å². The van der Waals surface area contributed by atoms with Gasteiger partial charge in [-0.2, -0.15) is 13.2 Å². The van der Waals surface area contributed by atoms with Gasteiger partial charge in [0.15, 0.2) is 11.6 Å². The number of aryl methyl sites for hydroxylation is 1. The first-order chi connectivity index (χ1) is 7.74. The third kappa shape index (κ3) is 4.32. The molecule has 1 rings (SSSR count). The summed E-state index contributed by atoms with van der Waals surface area (Å²) in [5.74, 6) is 0.404. The van der Waals surface area contributed by atoms with Crippen molar-refractivity contribution in [3.05, 3.63) is 12.0 Å². The van der Waals surface area contributed by atoms with E-state index in [0.29, 0.717) is 12.2 Å². The molecule has 98 valence electrons. The minimum absolute atomic E-state index is 0.350. The lowest BCUT2D eigenvalue weighted by Gasteiger charge is -2.07. The van der Waals surface area contributed by atoms with Crippen molar-refractivity contribution in [1.82, 2.24) is 14.9 Å². The van der Waals surface area contributed by atoms with Crippen LogP contribution in [0.4, 0.5) is 13.2 Å². The van der Waals surface area contributed by atoms with E-state index in [1.165, 1.54) is 4.89 Å². The molecule has 0 saturated carbocycles. The smallest absolute Gasteiger partial charge is 0.332 e. The molecule has 2 N–H and O–H groups in total. The Morgan fingerprint density at radius 3 is 2.65 bits per heavy atom. The molecule has 0 radical (unpaired) electrons. The Hall–Kier alpha value is -1.13. The molecule has 10 heteroatoms. The topological polar surface area (TPSA) is 84.1 Å². The number of hydrogen-bond donors (Lipinski definition) is 2. The number of hydrogen-bond acceptors (Lipinski definition) is 4. The van der Waals surface area contributed by atoms with Gasteiger partial charge in [-0.3, -0.25) is 4.84 Å². The van der Waals surface area contributed by atoms with Crippen molar-refractivity contribution >= 4 is 10.0 Å². The molecule has 1 aromatic heterocycles. The standard InChI is InChI=1S/C7H10F3N3O3S/c1-2-5-11-3-6(12-5)17(14,15)13-16-4-7(8,9)10/h3,13H,2,4H2,1H3,(H,11,12). The van der Waals surface area contributed by atoms with Crippen LogP contribution in [-0.2, 0) is 21.3 Å². The van der Waals surface area contributed by atoms with Gasteiger partial charge >= 0.3 is 6.18 Å². The number of aromatic nitrogens is 2. The average Bonchev–Trinajstić information content (AvgIpc) is 2.63. The van der Waals surface area contributed by atoms with Crippen molar-refractivity contribution < 1.29 is 26.4 Å². The second-order valence-corrected chi connectivity index (χ2v) is 4.65. The van der Waals surface area contributed by atoms with E-state index in [4.69, 9.17) is 0 Å². The van der Waals surface area contributed by atoms with E-state index in [9.17, 15) is 21.6 Å². The molecule has 0 amide bonds. The first-order valence-corrected chi connectivity index (χ1v) is 5.97.